The van der Waals surface area contributed by atoms with Crippen molar-refractivity contribution in [3.63, 3.8) is 0 Å². The summed E-state index contributed by atoms with van der Waals surface area (Å²) < 4.78 is 15.3. The van der Waals surface area contributed by atoms with Crippen molar-refractivity contribution in [2.75, 3.05) is 13.9 Å². The van der Waals surface area contributed by atoms with Crippen LogP contribution in [-0.4, -0.2) is 24.9 Å². The van der Waals surface area contributed by atoms with Gasteiger partial charge in [-0.15, -0.1) is 0 Å². The Kier molecular flexibility index (Phi) is 3.41. The molecule has 20 heavy (non-hydrogen) atoms. The molecule has 5 nitrogen and oxygen atoms in total. The fraction of sp³-hybridized carbons (Fsp3) is 0.333. The van der Waals surface area contributed by atoms with E-state index in [2.05, 4.69) is 9.72 Å². The van der Waals surface area contributed by atoms with Gasteiger partial charge >= 0.3 is 5.97 Å². The van der Waals surface area contributed by atoms with Gasteiger partial charge in [0.15, 0.2) is 11.5 Å². The Hall–Kier alpha value is -2.30. The molecule has 0 unspecified atom stereocenters. The largest absolute Gasteiger partial charge is 0.469 e. The van der Waals surface area contributed by atoms with Crippen LogP contribution in [0, 0.1) is 0 Å². The number of carbonyl (C=O) groups is 1. The topological polar surface area (TPSA) is 57.7 Å². The highest BCUT2D eigenvalue weighted by molar-refractivity contribution is 5.83. The number of aromatic nitrogens is 1. The van der Waals surface area contributed by atoms with Crippen LogP contribution in [0.15, 0.2) is 24.3 Å². The minimum Gasteiger partial charge on any atom is -0.469 e. The van der Waals surface area contributed by atoms with E-state index < -0.39 is 0 Å². The van der Waals surface area contributed by atoms with E-state index in [1.54, 1.807) is 0 Å². The van der Waals surface area contributed by atoms with Crippen LogP contribution in [0.5, 0.6) is 11.5 Å². The maximum Gasteiger partial charge on any atom is 0.305 e. The second-order valence-electron chi connectivity index (χ2n) is 4.63. The van der Waals surface area contributed by atoms with Crippen LogP contribution >= 0.6 is 0 Å². The Labute approximate surface area is 116 Å². The van der Waals surface area contributed by atoms with Gasteiger partial charge in [-0.1, -0.05) is 6.07 Å². The first kappa shape index (κ1) is 12.7. The maximum atomic E-state index is 11.1. The number of ether oxygens (including phenoxy) is 3. The minimum absolute atomic E-state index is 0.186. The van der Waals surface area contributed by atoms with Gasteiger partial charge in [0, 0.05) is 23.6 Å². The summed E-state index contributed by atoms with van der Waals surface area (Å²) in [4.78, 5) is 15.7. The molecule has 0 saturated carbocycles. The van der Waals surface area contributed by atoms with E-state index in [0.717, 1.165) is 40.9 Å². The highest BCUT2D eigenvalue weighted by atomic mass is 16.7. The van der Waals surface area contributed by atoms with Crippen LogP contribution in [0.4, 0.5) is 0 Å². The van der Waals surface area contributed by atoms with Crippen molar-refractivity contribution in [3.05, 3.63) is 30.0 Å². The standard InChI is InChI=1S/C15H15NO4/c1-18-15(17)4-2-3-11-6-5-10-7-13-14(20-9-19-13)8-12(10)16-11/h5-8H,2-4,9H2,1H3. The number of aryl methyl sites for hydroxylation is 1. The number of pyridine rings is 1. The van der Waals surface area contributed by atoms with Crippen LogP contribution in [0.2, 0.25) is 0 Å². The number of carbonyl (C=O) groups excluding carboxylic acids is 1. The lowest BCUT2D eigenvalue weighted by molar-refractivity contribution is -0.140. The Morgan fingerprint density at radius 1 is 1.30 bits per heavy atom. The molecule has 5 heteroatoms. The van der Waals surface area contributed by atoms with Gasteiger partial charge in [0.25, 0.3) is 0 Å². The number of methoxy groups -OCH3 is 1. The molecule has 0 spiro atoms. The highest BCUT2D eigenvalue weighted by Gasteiger charge is 2.14. The number of benzene rings is 1. The molecule has 3 rings (SSSR count). The summed E-state index contributed by atoms with van der Waals surface area (Å²) in [5, 5.41) is 1.02. The van der Waals surface area contributed by atoms with E-state index in [4.69, 9.17) is 9.47 Å². The SMILES string of the molecule is COC(=O)CCCc1ccc2cc3c(cc2n1)OCO3. The zero-order valence-corrected chi connectivity index (χ0v) is 11.2. The lowest BCUT2D eigenvalue weighted by atomic mass is 10.1. The molecule has 104 valence electrons. The third-order valence-electron chi connectivity index (χ3n) is 3.28. The predicted octanol–water partition coefficient (Wildman–Crippen LogP) is 2.46. The molecular weight excluding hydrogens is 258 g/mol. The Morgan fingerprint density at radius 2 is 2.10 bits per heavy atom. The minimum atomic E-state index is -0.186. The van der Waals surface area contributed by atoms with Crippen LogP contribution in [-0.2, 0) is 16.0 Å². The van der Waals surface area contributed by atoms with Crippen molar-refractivity contribution < 1.29 is 19.0 Å². The Morgan fingerprint density at radius 3 is 2.90 bits per heavy atom. The first-order valence-electron chi connectivity index (χ1n) is 6.52. The van der Waals surface area contributed by atoms with Gasteiger partial charge in [0.05, 0.1) is 12.6 Å². The summed E-state index contributed by atoms with van der Waals surface area (Å²) >= 11 is 0. The van der Waals surface area contributed by atoms with Crippen molar-refractivity contribution in [2.24, 2.45) is 0 Å². The monoisotopic (exact) mass is 273 g/mol. The quantitative estimate of drug-likeness (QED) is 0.801. The average molecular weight is 273 g/mol. The molecule has 1 aromatic heterocycles. The van der Waals surface area contributed by atoms with E-state index in [1.165, 1.54) is 7.11 Å². The van der Waals surface area contributed by atoms with Gasteiger partial charge in [0.2, 0.25) is 6.79 Å². The summed E-state index contributed by atoms with van der Waals surface area (Å²) in [7, 11) is 1.40. The summed E-state index contributed by atoms with van der Waals surface area (Å²) in [5.74, 6) is 1.31. The van der Waals surface area contributed by atoms with Gasteiger partial charge in [-0.25, -0.2) is 0 Å². The fourth-order valence-electron chi connectivity index (χ4n) is 2.21. The fourth-order valence-corrected chi connectivity index (χ4v) is 2.21. The van der Waals surface area contributed by atoms with Crippen LogP contribution in [0.1, 0.15) is 18.5 Å². The lowest BCUT2D eigenvalue weighted by Crippen LogP contribution is -2.01. The molecule has 2 heterocycles. The Bertz CT molecular complexity index is 654. The molecule has 2 aromatic rings. The van der Waals surface area contributed by atoms with E-state index >= 15 is 0 Å². The molecule has 0 bridgehead atoms. The molecule has 1 aliphatic heterocycles. The molecule has 1 aromatic carbocycles. The molecule has 1 aliphatic rings. The maximum absolute atomic E-state index is 11.1. The van der Waals surface area contributed by atoms with Crippen LogP contribution in [0.25, 0.3) is 10.9 Å². The number of rotatable bonds is 4. The zero-order valence-electron chi connectivity index (χ0n) is 11.2. The van der Waals surface area contributed by atoms with Gasteiger partial charge in [-0.05, 0) is 25.0 Å². The number of hydrogen-bond donors (Lipinski definition) is 0. The molecule has 0 N–H and O–H groups in total. The summed E-state index contributed by atoms with van der Waals surface area (Å²) in [6.07, 6.45) is 1.90. The second kappa shape index (κ2) is 5.36. The first-order valence-corrected chi connectivity index (χ1v) is 6.52. The van der Waals surface area contributed by atoms with Crippen LogP contribution < -0.4 is 9.47 Å². The normalized spacial score (nSPS) is 12.7. The average Bonchev–Trinajstić information content (AvgIpc) is 2.91. The molecule has 0 atom stereocenters. The van der Waals surface area contributed by atoms with Gasteiger partial charge in [-0.3, -0.25) is 9.78 Å². The smallest absolute Gasteiger partial charge is 0.305 e. The zero-order chi connectivity index (χ0) is 13.9. The Balaban J connectivity index is 1.77. The van der Waals surface area contributed by atoms with Gasteiger partial charge in [-0.2, -0.15) is 0 Å². The van der Waals surface area contributed by atoms with Crippen molar-refractivity contribution in [2.45, 2.75) is 19.3 Å². The summed E-state index contributed by atoms with van der Waals surface area (Å²) in [5.41, 5.74) is 1.84. The van der Waals surface area contributed by atoms with E-state index in [9.17, 15) is 4.79 Å². The van der Waals surface area contributed by atoms with E-state index in [-0.39, 0.29) is 12.8 Å². The first-order chi connectivity index (χ1) is 9.76. The number of esters is 1. The van der Waals surface area contributed by atoms with Crippen molar-refractivity contribution in [3.8, 4) is 11.5 Å². The number of fused-ring (bicyclic) bond motifs is 2. The second-order valence-corrected chi connectivity index (χ2v) is 4.63. The highest BCUT2D eigenvalue weighted by Crippen LogP contribution is 2.35. The van der Waals surface area contributed by atoms with E-state index in [1.807, 2.05) is 24.3 Å². The molecule has 0 fully saturated rings. The molecule has 0 amide bonds. The molecule has 0 aliphatic carbocycles. The lowest BCUT2D eigenvalue weighted by Gasteiger charge is -2.04. The van der Waals surface area contributed by atoms with Gasteiger partial charge in [0.1, 0.15) is 0 Å². The summed E-state index contributed by atoms with van der Waals surface area (Å²) in [6, 6.07) is 7.81. The van der Waals surface area contributed by atoms with Crippen LogP contribution in [0.3, 0.4) is 0 Å². The number of nitrogens with zero attached hydrogens (tertiary/aromatic N) is 1. The molecule has 0 radical (unpaired) electrons. The predicted molar refractivity (Wildman–Crippen MR) is 72.8 cm³/mol. The van der Waals surface area contributed by atoms with E-state index in [0.29, 0.717) is 6.42 Å². The third-order valence-corrected chi connectivity index (χ3v) is 3.28. The van der Waals surface area contributed by atoms with Gasteiger partial charge < -0.3 is 14.2 Å². The van der Waals surface area contributed by atoms with Crippen molar-refractivity contribution in [1.82, 2.24) is 4.98 Å². The van der Waals surface area contributed by atoms with Crippen molar-refractivity contribution >= 4 is 16.9 Å². The molecular formula is C15H15NO4. The number of hydrogen-bond acceptors (Lipinski definition) is 5. The molecule has 0 saturated heterocycles. The summed E-state index contributed by atoms with van der Waals surface area (Å²) in [6.45, 7) is 0.262. The third kappa shape index (κ3) is 2.52. The van der Waals surface area contributed by atoms with Crippen molar-refractivity contribution in [1.29, 1.82) is 0 Å².